The first-order chi connectivity index (χ1) is 6.13. The first-order valence-electron chi connectivity index (χ1n) is 5.52. The molecule has 0 unspecified atom stereocenters. The molecule has 0 bridgehead atoms. The van der Waals surface area contributed by atoms with Crippen LogP contribution in [0.4, 0.5) is 0 Å². The van der Waals surface area contributed by atoms with E-state index < -0.39 is 0 Å². The second-order valence-corrected chi connectivity index (χ2v) is 9.76. The highest BCUT2D eigenvalue weighted by Gasteiger charge is 2.26. The molecule has 0 atom stereocenters. The Hall–Kier alpha value is 0.394. The zero-order valence-corrected chi connectivity index (χ0v) is 11.6. The van der Waals surface area contributed by atoms with Crippen LogP contribution in [0.5, 0.6) is 0 Å². The minimum atomic E-state index is -0.193. The average Bonchev–Trinajstić information content (AvgIpc) is 2.04. The summed E-state index contributed by atoms with van der Waals surface area (Å²) in [4.78, 5) is 0. The number of hydrogen-bond acceptors (Lipinski definition) is 1. The van der Waals surface area contributed by atoms with Gasteiger partial charge in [-0.3, -0.25) is 0 Å². The topological polar surface area (TPSA) is 3.24 Å². The molecule has 0 N–H and O–H groups in total. The summed E-state index contributed by atoms with van der Waals surface area (Å²) in [5.74, 6) is 0. The normalized spacial score (nSPS) is 20.5. The van der Waals surface area contributed by atoms with Crippen molar-refractivity contribution in [3.05, 3.63) is 0 Å². The molecule has 0 aromatic rings. The molecule has 0 amide bonds. The Labute approximate surface area is 86.9 Å². The van der Waals surface area contributed by atoms with Crippen LogP contribution in [0.3, 0.4) is 0 Å². The van der Waals surface area contributed by atoms with Crippen molar-refractivity contribution < 1.29 is 0 Å². The molecule has 0 aromatic heterocycles. The standard InChI is InChI=1S/C10H23NSi2/c1-12(2)11(13(3)4)10-8-6-5-7-9-10/h10H,5-9H2,1-4H3. The van der Waals surface area contributed by atoms with Crippen molar-refractivity contribution in [1.29, 1.82) is 0 Å². The highest BCUT2D eigenvalue weighted by molar-refractivity contribution is 6.70. The first-order valence-corrected chi connectivity index (χ1v) is 10.4. The van der Waals surface area contributed by atoms with E-state index in [4.69, 9.17) is 0 Å². The van der Waals surface area contributed by atoms with Gasteiger partial charge >= 0.3 is 0 Å². The molecule has 1 aliphatic carbocycles. The van der Waals surface area contributed by atoms with E-state index in [2.05, 4.69) is 30.4 Å². The van der Waals surface area contributed by atoms with Crippen molar-refractivity contribution in [2.45, 2.75) is 64.3 Å². The Morgan fingerprint density at radius 2 is 1.31 bits per heavy atom. The van der Waals surface area contributed by atoms with Gasteiger partial charge in [0.2, 0.25) is 0 Å². The Balaban J connectivity index is 2.52. The zero-order chi connectivity index (χ0) is 9.84. The fraction of sp³-hybridized carbons (Fsp3) is 1.00. The SMILES string of the molecule is C[Si](C)N(C1CCCCC1)[Si](C)C. The molecule has 0 saturated heterocycles. The fourth-order valence-corrected chi connectivity index (χ4v) is 8.07. The second-order valence-electron chi connectivity index (χ2n) is 4.56. The van der Waals surface area contributed by atoms with E-state index in [0.717, 1.165) is 6.04 Å². The molecule has 3 heteroatoms. The Kier molecular flexibility index (Phi) is 4.69. The number of nitrogens with zero attached hydrogens (tertiary/aromatic N) is 1. The van der Waals surface area contributed by atoms with Gasteiger partial charge < -0.3 is 4.23 Å². The van der Waals surface area contributed by atoms with Crippen LogP contribution in [0.1, 0.15) is 32.1 Å². The van der Waals surface area contributed by atoms with Gasteiger partial charge in [-0.1, -0.05) is 45.5 Å². The van der Waals surface area contributed by atoms with Gasteiger partial charge in [-0.15, -0.1) is 0 Å². The van der Waals surface area contributed by atoms with E-state index in [9.17, 15) is 0 Å². The monoisotopic (exact) mass is 213 g/mol. The summed E-state index contributed by atoms with van der Waals surface area (Å²) in [6.07, 6.45) is 7.39. The zero-order valence-electron chi connectivity index (χ0n) is 9.56. The Morgan fingerprint density at radius 3 is 1.69 bits per heavy atom. The predicted octanol–water partition coefficient (Wildman–Crippen LogP) is 3.12. The Bertz CT molecular complexity index is 134. The fourth-order valence-electron chi connectivity index (χ4n) is 2.52. The summed E-state index contributed by atoms with van der Waals surface area (Å²) < 4.78 is 2.90. The van der Waals surface area contributed by atoms with Crippen LogP contribution in [-0.4, -0.2) is 28.2 Å². The maximum atomic E-state index is 2.90. The van der Waals surface area contributed by atoms with Gasteiger partial charge in [0.1, 0.15) is 17.9 Å². The highest BCUT2D eigenvalue weighted by Crippen LogP contribution is 2.24. The molecule has 1 aliphatic rings. The molecule has 76 valence electrons. The minimum Gasteiger partial charge on any atom is -0.345 e. The van der Waals surface area contributed by atoms with E-state index in [1.165, 1.54) is 32.1 Å². The summed E-state index contributed by atoms with van der Waals surface area (Å²) in [5.41, 5.74) is 0. The maximum Gasteiger partial charge on any atom is 0.122 e. The lowest BCUT2D eigenvalue weighted by Crippen LogP contribution is -2.50. The third-order valence-electron chi connectivity index (χ3n) is 2.90. The molecule has 13 heavy (non-hydrogen) atoms. The molecule has 0 aromatic carbocycles. The predicted molar refractivity (Wildman–Crippen MR) is 63.7 cm³/mol. The van der Waals surface area contributed by atoms with Crippen molar-refractivity contribution in [1.82, 2.24) is 4.23 Å². The number of rotatable bonds is 3. The third-order valence-corrected chi connectivity index (χ3v) is 8.24. The summed E-state index contributed by atoms with van der Waals surface area (Å²) in [6, 6.07) is 0.960. The van der Waals surface area contributed by atoms with Crippen LogP contribution in [0.15, 0.2) is 0 Å². The molecular weight excluding hydrogens is 190 g/mol. The third kappa shape index (κ3) is 3.22. The molecule has 0 spiro atoms. The molecule has 1 rings (SSSR count). The second kappa shape index (κ2) is 5.32. The van der Waals surface area contributed by atoms with Crippen molar-refractivity contribution in [3.8, 4) is 0 Å². The van der Waals surface area contributed by atoms with Crippen LogP contribution in [-0.2, 0) is 0 Å². The van der Waals surface area contributed by atoms with Gasteiger partial charge in [0.15, 0.2) is 0 Å². The van der Waals surface area contributed by atoms with Crippen LogP contribution >= 0.6 is 0 Å². The van der Waals surface area contributed by atoms with E-state index in [1.54, 1.807) is 0 Å². The summed E-state index contributed by atoms with van der Waals surface area (Å²) >= 11 is 0. The summed E-state index contributed by atoms with van der Waals surface area (Å²) in [5, 5.41) is 0. The van der Waals surface area contributed by atoms with Crippen LogP contribution in [0.25, 0.3) is 0 Å². The average molecular weight is 213 g/mol. The van der Waals surface area contributed by atoms with Crippen molar-refractivity contribution in [2.24, 2.45) is 0 Å². The van der Waals surface area contributed by atoms with Gasteiger partial charge in [0, 0.05) is 0 Å². The van der Waals surface area contributed by atoms with E-state index in [1.807, 2.05) is 0 Å². The minimum absolute atomic E-state index is 0.193. The number of hydrogen-bond donors (Lipinski definition) is 0. The molecule has 0 aliphatic heterocycles. The van der Waals surface area contributed by atoms with Crippen LogP contribution in [0, 0.1) is 0 Å². The molecule has 1 nitrogen and oxygen atoms in total. The van der Waals surface area contributed by atoms with Crippen molar-refractivity contribution in [2.75, 3.05) is 0 Å². The molecule has 0 heterocycles. The van der Waals surface area contributed by atoms with E-state index in [0.29, 0.717) is 0 Å². The molecule has 1 fully saturated rings. The van der Waals surface area contributed by atoms with E-state index >= 15 is 0 Å². The van der Waals surface area contributed by atoms with Crippen molar-refractivity contribution >= 4 is 17.9 Å². The quantitative estimate of drug-likeness (QED) is 0.651. The van der Waals surface area contributed by atoms with Crippen LogP contribution < -0.4 is 0 Å². The maximum absolute atomic E-state index is 2.90. The lowest BCUT2D eigenvalue weighted by atomic mass is 9.96. The van der Waals surface area contributed by atoms with E-state index in [-0.39, 0.29) is 17.9 Å². The largest absolute Gasteiger partial charge is 0.345 e. The van der Waals surface area contributed by atoms with Gasteiger partial charge in [0.05, 0.1) is 0 Å². The van der Waals surface area contributed by atoms with Crippen LogP contribution in [0.2, 0.25) is 26.2 Å². The molecule has 2 radical (unpaired) electrons. The first kappa shape index (κ1) is 11.5. The lowest BCUT2D eigenvalue weighted by Gasteiger charge is -2.39. The van der Waals surface area contributed by atoms with Gasteiger partial charge in [0.25, 0.3) is 0 Å². The smallest absolute Gasteiger partial charge is 0.122 e. The molecular formula is C10H23NSi2. The Morgan fingerprint density at radius 1 is 0.846 bits per heavy atom. The van der Waals surface area contributed by atoms with Gasteiger partial charge in [-0.25, -0.2) is 0 Å². The van der Waals surface area contributed by atoms with Gasteiger partial charge in [-0.2, -0.15) is 0 Å². The summed E-state index contributed by atoms with van der Waals surface area (Å²) in [7, 11) is -0.386. The van der Waals surface area contributed by atoms with Crippen molar-refractivity contribution in [3.63, 3.8) is 0 Å². The molecule has 1 saturated carbocycles. The summed E-state index contributed by atoms with van der Waals surface area (Å²) in [6.45, 7) is 9.82. The lowest BCUT2D eigenvalue weighted by molar-refractivity contribution is 0.335. The highest BCUT2D eigenvalue weighted by atomic mass is 28.3. The van der Waals surface area contributed by atoms with Gasteiger partial charge in [-0.05, 0) is 18.9 Å².